The van der Waals surface area contributed by atoms with E-state index in [4.69, 9.17) is 4.74 Å². The van der Waals surface area contributed by atoms with Crippen molar-refractivity contribution in [2.24, 2.45) is 5.10 Å². The summed E-state index contributed by atoms with van der Waals surface area (Å²) in [6.07, 6.45) is 1.61. The van der Waals surface area contributed by atoms with Gasteiger partial charge in [-0.05, 0) is 36.4 Å². The highest BCUT2D eigenvalue weighted by atomic mass is 16.5. The van der Waals surface area contributed by atoms with Crippen molar-refractivity contribution in [3.8, 4) is 11.5 Å². The van der Waals surface area contributed by atoms with Crippen LogP contribution in [-0.2, 0) is 0 Å². The first-order chi connectivity index (χ1) is 10.8. The quantitative estimate of drug-likeness (QED) is 0.571. The van der Waals surface area contributed by atoms with E-state index >= 15 is 0 Å². The zero-order chi connectivity index (χ0) is 15.4. The van der Waals surface area contributed by atoms with Crippen molar-refractivity contribution in [1.82, 2.24) is 4.98 Å². The number of fused-ring (bicyclic) bond motifs is 1. The van der Waals surface area contributed by atoms with Gasteiger partial charge in [-0.25, -0.2) is 4.98 Å². The SMILES string of the molecule is COc1ccc(N/N=C/c2ccc3cccc(O)c3n2)cc1. The number of anilines is 1. The first-order valence-corrected chi connectivity index (χ1v) is 6.78. The molecule has 0 bridgehead atoms. The molecule has 0 unspecified atom stereocenters. The second kappa shape index (κ2) is 6.13. The maximum atomic E-state index is 9.81. The first kappa shape index (κ1) is 13.9. The van der Waals surface area contributed by atoms with E-state index in [1.54, 1.807) is 25.5 Å². The van der Waals surface area contributed by atoms with Crippen molar-refractivity contribution in [3.05, 3.63) is 60.3 Å². The molecule has 0 saturated heterocycles. The van der Waals surface area contributed by atoms with Crippen molar-refractivity contribution in [2.45, 2.75) is 0 Å². The number of hydrogen-bond acceptors (Lipinski definition) is 5. The zero-order valence-electron chi connectivity index (χ0n) is 12.0. The average Bonchev–Trinajstić information content (AvgIpc) is 2.56. The van der Waals surface area contributed by atoms with Crippen LogP contribution >= 0.6 is 0 Å². The standard InChI is InChI=1S/C17H15N3O2/c1-22-15-9-7-13(8-10-15)20-18-11-14-6-5-12-3-2-4-16(21)17(12)19-14/h2-11,20-21H,1H3/b18-11+. The molecule has 22 heavy (non-hydrogen) atoms. The number of ether oxygens (including phenoxy) is 1. The summed E-state index contributed by atoms with van der Waals surface area (Å²) >= 11 is 0. The van der Waals surface area contributed by atoms with Crippen LogP contribution in [0, 0.1) is 0 Å². The molecule has 2 N–H and O–H groups in total. The van der Waals surface area contributed by atoms with Crippen molar-refractivity contribution in [2.75, 3.05) is 12.5 Å². The van der Waals surface area contributed by atoms with E-state index in [0.717, 1.165) is 16.8 Å². The third-order valence-electron chi connectivity index (χ3n) is 3.20. The van der Waals surface area contributed by atoms with Crippen LogP contribution in [0.15, 0.2) is 59.7 Å². The van der Waals surface area contributed by atoms with E-state index in [9.17, 15) is 5.11 Å². The Balaban J connectivity index is 1.75. The van der Waals surface area contributed by atoms with Gasteiger partial charge in [0, 0.05) is 5.39 Å². The zero-order valence-corrected chi connectivity index (χ0v) is 12.0. The topological polar surface area (TPSA) is 66.7 Å². The van der Waals surface area contributed by atoms with Crippen LogP contribution in [-0.4, -0.2) is 23.4 Å². The largest absolute Gasteiger partial charge is 0.506 e. The lowest BCUT2D eigenvalue weighted by Gasteiger charge is -2.03. The van der Waals surface area contributed by atoms with Crippen LogP contribution in [0.2, 0.25) is 0 Å². The Labute approximate surface area is 127 Å². The number of nitrogens with zero attached hydrogens (tertiary/aromatic N) is 2. The fourth-order valence-electron chi connectivity index (χ4n) is 2.06. The fourth-order valence-corrected chi connectivity index (χ4v) is 2.06. The number of nitrogens with one attached hydrogen (secondary N) is 1. The Bertz CT molecular complexity index is 814. The minimum Gasteiger partial charge on any atom is -0.506 e. The van der Waals surface area contributed by atoms with Gasteiger partial charge in [0.2, 0.25) is 0 Å². The molecule has 0 spiro atoms. The van der Waals surface area contributed by atoms with Gasteiger partial charge in [0.05, 0.1) is 24.7 Å². The van der Waals surface area contributed by atoms with Gasteiger partial charge in [0.25, 0.3) is 0 Å². The van der Waals surface area contributed by atoms with E-state index < -0.39 is 0 Å². The van der Waals surface area contributed by atoms with Gasteiger partial charge in [-0.3, -0.25) is 5.43 Å². The number of hydrogen-bond donors (Lipinski definition) is 2. The van der Waals surface area contributed by atoms with E-state index in [0.29, 0.717) is 11.2 Å². The van der Waals surface area contributed by atoms with Gasteiger partial charge >= 0.3 is 0 Å². The molecule has 0 aliphatic heterocycles. The summed E-state index contributed by atoms with van der Waals surface area (Å²) in [5, 5.41) is 14.8. The van der Waals surface area contributed by atoms with Gasteiger partial charge in [-0.1, -0.05) is 18.2 Å². The Hall–Kier alpha value is -3.08. The number of phenolic OH excluding ortho intramolecular Hbond substituents is 1. The molecule has 2 aromatic carbocycles. The molecule has 1 heterocycles. The van der Waals surface area contributed by atoms with Gasteiger partial charge in [0.1, 0.15) is 17.0 Å². The summed E-state index contributed by atoms with van der Waals surface area (Å²) < 4.78 is 5.10. The smallest absolute Gasteiger partial charge is 0.141 e. The van der Waals surface area contributed by atoms with Gasteiger partial charge in [-0.2, -0.15) is 5.10 Å². The average molecular weight is 293 g/mol. The predicted octanol–water partition coefficient (Wildman–Crippen LogP) is 3.40. The first-order valence-electron chi connectivity index (χ1n) is 6.78. The number of pyridine rings is 1. The summed E-state index contributed by atoms with van der Waals surface area (Å²) in [7, 11) is 1.63. The molecule has 110 valence electrons. The Morgan fingerprint density at radius 2 is 1.91 bits per heavy atom. The number of methoxy groups -OCH3 is 1. The molecular formula is C17H15N3O2. The maximum absolute atomic E-state index is 9.81. The molecule has 0 fully saturated rings. The molecule has 1 aromatic heterocycles. The third kappa shape index (κ3) is 2.98. The predicted molar refractivity (Wildman–Crippen MR) is 87.6 cm³/mol. The third-order valence-corrected chi connectivity index (χ3v) is 3.20. The van der Waals surface area contributed by atoms with Gasteiger partial charge < -0.3 is 9.84 Å². The Morgan fingerprint density at radius 3 is 2.68 bits per heavy atom. The van der Waals surface area contributed by atoms with Crippen molar-refractivity contribution >= 4 is 22.8 Å². The van der Waals surface area contributed by atoms with Crippen molar-refractivity contribution in [3.63, 3.8) is 0 Å². The van der Waals surface area contributed by atoms with E-state index in [1.807, 2.05) is 42.5 Å². The highest BCUT2D eigenvalue weighted by Gasteiger charge is 2.01. The summed E-state index contributed by atoms with van der Waals surface area (Å²) in [6.45, 7) is 0. The van der Waals surface area contributed by atoms with Crippen molar-refractivity contribution < 1.29 is 9.84 Å². The van der Waals surface area contributed by atoms with Crippen molar-refractivity contribution in [1.29, 1.82) is 0 Å². The van der Waals surface area contributed by atoms with Crippen LogP contribution in [0.25, 0.3) is 10.9 Å². The minimum absolute atomic E-state index is 0.163. The lowest BCUT2D eigenvalue weighted by atomic mass is 10.2. The fraction of sp³-hybridized carbons (Fsp3) is 0.0588. The minimum atomic E-state index is 0.163. The molecule has 3 rings (SSSR count). The van der Waals surface area contributed by atoms with Gasteiger partial charge in [-0.15, -0.1) is 0 Å². The van der Waals surface area contributed by atoms with Crippen LogP contribution in [0.5, 0.6) is 11.5 Å². The molecule has 0 saturated carbocycles. The lowest BCUT2D eigenvalue weighted by molar-refractivity contribution is 0.415. The molecule has 5 heteroatoms. The lowest BCUT2D eigenvalue weighted by Crippen LogP contribution is -1.93. The van der Waals surface area contributed by atoms with Crippen LogP contribution in [0.3, 0.4) is 0 Å². The van der Waals surface area contributed by atoms with Crippen LogP contribution in [0.1, 0.15) is 5.69 Å². The molecule has 0 aliphatic rings. The Kier molecular flexibility index (Phi) is 3.87. The number of hydrazone groups is 1. The maximum Gasteiger partial charge on any atom is 0.141 e. The number of para-hydroxylation sites is 1. The molecule has 5 nitrogen and oxygen atoms in total. The van der Waals surface area contributed by atoms with Crippen LogP contribution < -0.4 is 10.2 Å². The molecular weight excluding hydrogens is 278 g/mol. The monoisotopic (exact) mass is 293 g/mol. The summed E-state index contributed by atoms with van der Waals surface area (Å²) in [5.74, 6) is 0.956. The number of phenols is 1. The molecule has 0 atom stereocenters. The molecule has 0 aliphatic carbocycles. The highest BCUT2D eigenvalue weighted by Crippen LogP contribution is 2.22. The molecule has 0 amide bonds. The number of benzene rings is 2. The number of aromatic nitrogens is 1. The second-order valence-corrected chi connectivity index (χ2v) is 4.68. The number of rotatable bonds is 4. The molecule has 3 aromatic rings. The second-order valence-electron chi connectivity index (χ2n) is 4.68. The van der Waals surface area contributed by atoms with Gasteiger partial charge in [0.15, 0.2) is 0 Å². The summed E-state index contributed by atoms with van der Waals surface area (Å²) in [4.78, 5) is 4.37. The Morgan fingerprint density at radius 1 is 1.09 bits per heavy atom. The normalized spacial score (nSPS) is 11.0. The van der Waals surface area contributed by atoms with E-state index in [2.05, 4.69) is 15.5 Å². The van der Waals surface area contributed by atoms with Crippen LogP contribution in [0.4, 0.5) is 5.69 Å². The highest BCUT2D eigenvalue weighted by molar-refractivity contribution is 5.88. The summed E-state index contributed by atoms with van der Waals surface area (Å²) in [6, 6.07) is 16.5. The van der Waals surface area contributed by atoms with E-state index in [-0.39, 0.29) is 5.75 Å². The van der Waals surface area contributed by atoms with E-state index in [1.165, 1.54) is 0 Å². The molecule has 0 radical (unpaired) electrons. The number of aromatic hydroxyl groups is 1. The summed E-state index contributed by atoms with van der Waals surface area (Å²) in [5.41, 5.74) is 4.99.